The third-order valence-electron chi connectivity index (χ3n) is 3.59. The molecule has 3 N–H and O–H groups in total. The maximum Gasteiger partial charge on any atom is 0.224 e. The van der Waals surface area contributed by atoms with Gasteiger partial charge in [0.1, 0.15) is 0 Å². The summed E-state index contributed by atoms with van der Waals surface area (Å²) in [5.74, 6) is 1.29. The summed E-state index contributed by atoms with van der Waals surface area (Å²) in [6, 6.07) is 7.43. The van der Waals surface area contributed by atoms with E-state index in [1.807, 2.05) is 0 Å². The van der Waals surface area contributed by atoms with E-state index in [-0.39, 0.29) is 29.9 Å². The lowest BCUT2D eigenvalue weighted by molar-refractivity contribution is -0.116. The van der Waals surface area contributed by atoms with Crippen molar-refractivity contribution in [3.8, 4) is 0 Å². The van der Waals surface area contributed by atoms with Gasteiger partial charge in [-0.3, -0.25) is 9.79 Å². The summed E-state index contributed by atoms with van der Waals surface area (Å²) in [5, 5.41) is 10.1. The lowest BCUT2D eigenvalue weighted by Gasteiger charge is -2.20. The van der Waals surface area contributed by atoms with Crippen molar-refractivity contribution in [3.63, 3.8) is 0 Å². The number of aliphatic imine (C=N–C) groups is 1. The molecule has 0 fully saturated rings. The van der Waals surface area contributed by atoms with Crippen LogP contribution in [0.4, 0.5) is 5.69 Å². The summed E-state index contributed by atoms with van der Waals surface area (Å²) in [4.78, 5) is 16.0. The Hall–Kier alpha value is -1.02. The lowest BCUT2D eigenvalue weighted by atomic mass is 10.1. The molecular formula is C17H28ClIN4O. The molecule has 0 bridgehead atoms. The summed E-state index contributed by atoms with van der Waals surface area (Å²) < 4.78 is 0. The van der Waals surface area contributed by atoms with Crippen LogP contribution in [0.5, 0.6) is 0 Å². The van der Waals surface area contributed by atoms with Gasteiger partial charge in [0.2, 0.25) is 5.91 Å². The van der Waals surface area contributed by atoms with E-state index < -0.39 is 0 Å². The fourth-order valence-corrected chi connectivity index (χ4v) is 1.92. The lowest BCUT2D eigenvalue weighted by Crippen LogP contribution is -2.44. The Morgan fingerprint density at radius 2 is 1.83 bits per heavy atom. The first kappa shape index (κ1) is 23.0. The van der Waals surface area contributed by atoms with E-state index in [2.05, 4.69) is 41.7 Å². The van der Waals surface area contributed by atoms with E-state index in [1.54, 1.807) is 31.3 Å². The van der Waals surface area contributed by atoms with Gasteiger partial charge in [0.05, 0.1) is 0 Å². The molecule has 0 radical (unpaired) electrons. The van der Waals surface area contributed by atoms with Crippen molar-refractivity contribution in [1.82, 2.24) is 10.6 Å². The van der Waals surface area contributed by atoms with Crippen molar-refractivity contribution in [1.29, 1.82) is 0 Å². The minimum absolute atomic E-state index is 0. The molecule has 0 aromatic heterocycles. The maximum atomic E-state index is 11.9. The largest absolute Gasteiger partial charge is 0.356 e. The first-order chi connectivity index (χ1) is 10.9. The predicted molar refractivity (Wildman–Crippen MR) is 114 cm³/mol. The molecule has 1 atom stereocenters. The highest BCUT2D eigenvalue weighted by molar-refractivity contribution is 14.0. The van der Waals surface area contributed by atoms with Crippen LogP contribution >= 0.6 is 35.6 Å². The zero-order valence-corrected chi connectivity index (χ0v) is 17.8. The van der Waals surface area contributed by atoms with Crippen molar-refractivity contribution in [3.05, 3.63) is 29.3 Å². The zero-order valence-electron chi connectivity index (χ0n) is 14.7. The molecule has 0 spiro atoms. The Kier molecular flexibility index (Phi) is 11.8. The number of hydrogen-bond acceptors (Lipinski definition) is 2. The molecule has 1 amide bonds. The van der Waals surface area contributed by atoms with E-state index in [0.717, 1.165) is 18.1 Å². The van der Waals surface area contributed by atoms with Crippen LogP contribution in [0, 0.1) is 5.92 Å². The number of nitrogens with one attached hydrogen (secondary N) is 3. The molecule has 0 saturated carbocycles. The third-order valence-corrected chi connectivity index (χ3v) is 3.84. The zero-order chi connectivity index (χ0) is 17.2. The van der Waals surface area contributed by atoms with Crippen LogP contribution in [-0.4, -0.2) is 31.5 Å². The number of carbonyl (C=O) groups is 1. The number of hydrogen-bond donors (Lipinski definition) is 3. The SMILES string of the molecule is CN=C(NCCCC(=O)Nc1ccc(Cl)cc1)NC(C)C(C)C.I. The summed E-state index contributed by atoms with van der Waals surface area (Å²) >= 11 is 5.81. The van der Waals surface area contributed by atoms with Crippen LogP contribution in [0.1, 0.15) is 33.6 Å². The molecule has 1 aromatic carbocycles. The quantitative estimate of drug-likeness (QED) is 0.247. The summed E-state index contributed by atoms with van der Waals surface area (Å²) in [6.45, 7) is 7.13. The highest BCUT2D eigenvalue weighted by Crippen LogP contribution is 2.13. The topological polar surface area (TPSA) is 65.5 Å². The molecule has 1 rings (SSSR count). The molecule has 136 valence electrons. The average molecular weight is 467 g/mol. The van der Waals surface area contributed by atoms with Crippen LogP contribution in [0.25, 0.3) is 0 Å². The second kappa shape index (κ2) is 12.4. The number of halogens is 2. The highest BCUT2D eigenvalue weighted by atomic mass is 127. The van der Waals surface area contributed by atoms with Crippen molar-refractivity contribution < 1.29 is 4.79 Å². The average Bonchev–Trinajstić information content (AvgIpc) is 2.52. The van der Waals surface area contributed by atoms with E-state index >= 15 is 0 Å². The number of guanidine groups is 1. The smallest absolute Gasteiger partial charge is 0.224 e. The normalized spacial score (nSPS) is 12.3. The highest BCUT2D eigenvalue weighted by Gasteiger charge is 2.08. The van der Waals surface area contributed by atoms with E-state index in [0.29, 0.717) is 29.9 Å². The van der Waals surface area contributed by atoms with E-state index in [4.69, 9.17) is 11.6 Å². The monoisotopic (exact) mass is 466 g/mol. The molecule has 0 aliphatic carbocycles. The standard InChI is InChI=1S/C17H27ClN4O.HI/c1-12(2)13(3)21-17(19-4)20-11-5-6-16(23)22-15-9-7-14(18)8-10-15;/h7-10,12-13H,5-6,11H2,1-4H3,(H,22,23)(H2,19,20,21);1H. The molecule has 0 saturated heterocycles. The number of anilines is 1. The van der Waals surface area contributed by atoms with Crippen LogP contribution in [0.15, 0.2) is 29.3 Å². The molecule has 0 heterocycles. The molecule has 0 aliphatic rings. The minimum atomic E-state index is -0.00684. The maximum absolute atomic E-state index is 11.9. The van der Waals surface area contributed by atoms with Gasteiger partial charge >= 0.3 is 0 Å². The fourth-order valence-electron chi connectivity index (χ4n) is 1.79. The van der Waals surface area contributed by atoms with Gasteiger partial charge in [0.25, 0.3) is 0 Å². The molecule has 1 aromatic rings. The van der Waals surface area contributed by atoms with Crippen molar-refractivity contribution >= 4 is 53.1 Å². The van der Waals surface area contributed by atoms with Gasteiger partial charge in [-0.1, -0.05) is 25.4 Å². The van der Waals surface area contributed by atoms with Gasteiger partial charge < -0.3 is 16.0 Å². The number of nitrogens with zero attached hydrogens (tertiary/aromatic N) is 1. The van der Waals surface area contributed by atoms with Gasteiger partial charge in [-0.2, -0.15) is 0 Å². The summed E-state index contributed by atoms with van der Waals surface area (Å²) in [5.41, 5.74) is 0.760. The predicted octanol–water partition coefficient (Wildman–Crippen LogP) is 3.89. The Bertz CT molecular complexity index is 520. The first-order valence-electron chi connectivity index (χ1n) is 7.95. The minimum Gasteiger partial charge on any atom is -0.356 e. The number of rotatable bonds is 7. The number of amides is 1. The first-order valence-corrected chi connectivity index (χ1v) is 8.32. The second-order valence-corrected chi connectivity index (χ2v) is 6.27. The Morgan fingerprint density at radius 3 is 2.38 bits per heavy atom. The van der Waals surface area contributed by atoms with Gasteiger partial charge in [-0.25, -0.2) is 0 Å². The van der Waals surface area contributed by atoms with Crippen molar-refractivity contribution in [2.24, 2.45) is 10.9 Å². The summed E-state index contributed by atoms with van der Waals surface area (Å²) in [6.07, 6.45) is 1.18. The molecule has 7 heteroatoms. The van der Waals surface area contributed by atoms with Crippen molar-refractivity contribution in [2.45, 2.75) is 39.7 Å². The van der Waals surface area contributed by atoms with Gasteiger partial charge in [0, 0.05) is 36.8 Å². The van der Waals surface area contributed by atoms with E-state index in [9.17, 15) is 4.79 Å². The Balaban J connectivity index is 0.00000529. The fraction of sp³-hybridized carbons (Fsp3) is 0.529. The number of carbonyl (C=O) groups excluding carboxylic acids is 1. The Labute approximate surface area is 167 Å². The van der Waals surface area contributed by atoms with Gasteiger partial charge in [0.15, 0.2) is 5.96 Å². The number of benzene rings is 1. The van der Waals surface area contributed by atoms with Gasteiger partial charge in [-0.05, 0) is 43.5 Å². The van der Waals surface area contributed by atoms with Gasteiger partial charge in [-0.15, -0.1) is 24.0 Å². The molecule has 24 heavy (non-hydrogen) atoms. The molecule has 0 aliphatic heterocycles. The third kappa shape index (κ3) is 9.32. The van der Waals surface area contributed by atoms with Crippen molar-refractivity contribution in [2.75, 3.05) is 18.9 Å². The summed E-state index contributed by atoms with van der Waals surface area (Å²) in [7, 11) is 1.75. The van der Waals surface area contributed by atoms with Crippen LogP contribution in [0.3, 0.4) is 0 Å². The van der Waals surface area contributed by atoms with Crippen LogP contribution < -0.4 is 16.0 Å². The van der Waals surface area contributed by atoms with Crippen LogP contribution in [-0.2, 0) is 4.79 Å². The molecule has 1 unspecified atom stereocenters. The second-order valence-electron chi connectivity index (χ2n) is 5.83. The van der Waals surface area contributed by atoms with Crippen LogP contribution in [0.2, 0.25) is 5.02 Å². The van der Waals surface area contributed by atoms with E-state index in [1.165, 1.54) is 0 Å². The molecule has 5 nitrogen and oxygen atoms in total. The molecular weight excluding hydrogens is 439 g/mol. The Morgan fingerprint density at radius 1 is 1.21 bits per heavy atom.